The fourth-order valence-corrected chi connectivity index (χ4v) is 1.49. The van der Waals surface area contributed by atoms with Crippen LogP contribution in [0.5, 0.6) is 0 Å². The Balaban J connectivity index is 2.89. The van der Waals surface area contributed by atoms with E-state index in [0.717, 1.165) is 6.42 Å². The summed E-state index contributed by atoms with van der Waals surface area (Å²) in [5, 5.41) is 2.70. The first-order valence-corrected chi connectivity index (χ1v) is 3.82. The lowest BCUT2D eigenvalue weighted by atomic mass is 10.2. The number of hydrogen-bond acceptors (Lipinski definition) is 0. The molecule has 0 bridgehead atoms. The van der Waals surface area contributed by atoms with E-state index in [2.05, 4.69) is 36.9 Å². The van der Waals surface area contributed by atoms with Gasteiger partial charge in [-0.05, 0) is 22.4 Å². The molecule has 0 aromatic heterocycles. The minimum absolute atomic E-state index is 1.04. The van der Waals surface area contributed by atoms with Gasteiger partial charge in [0.15, 0.2) is 0 Å². The first kappa shape index (κ1) is 6.41. The molecule has 11 heavy (non-hydrogen) atoms. The van der Waals surface area contributed by atoms with E-state index in [-0.39, 0.29) is 0 Å². The third-order valence-electron chi connectivity index (χ3n) is 2.10. The summed E-state index contributed by atoms with van der Waals surface area (Å²) >= 11 is 0. The first-order chi connectivity index (χ1) is 5.42. The predicted octanol–water partition coefficient (Wildman–Crippen LogP) is 1.21. The molecule has 1 aromatic rings. The van der Waals surface area contributed by atoms with E-state index in [1.807, 2.05) is 6.08 Å². The van der Waals surface area contributed by atoms with Crippen LogP contribution in [0.2, 0.25) is 0 Å². The van der Waals surface area contributed by atoms with Crippen molar-refractivity contribution in [1.82, 2.24) is 0 Å². The second kappa shape index (κ2) is 2.39. The standard InChI is InChI=1S/C11H10/c1-2-9-7-8-10-5-3-4-6-11(9)10/h2-6,8H,1,7H2. The Bertz CT molecular complexity index is 396. The highest BCUT2D eigenvalue weighted by molar-refractivity contribution is 5.66. The zero-order valence-electron chi connectivity index (χ0n) is 6.38. The average Bonchev–Trinajstić information content (AvgIpc) is 2.47. The maximum atomic E-state index is 3.78. The van der Waals surface area contributed by atoms with Crippen LogP contribution in [0.15, 0.2) is 36.9 Å². The summed E-state index contributed by atoms with van der Waals surface area (Å²) in [5.41, 5.74) is 1.35. The number of hydrogen-bond donors (Lipinski definition) is 0. The molecule has 0 aliphatic heterocycles. The molecular weight excluding hydrogens is 132 g/mol. The average molecular weight is 142 g/mol. The number of benzene rings is 1. The first-order valence-electron chi connectivity index (χ1n) is 3.82. The van der Waals surface area contributed by atoms with Crippen molar-refractivity contribution in [2.45, 2.75) is 6.42 Å². The quantitative estimate of drug-likeness (QED) is 0.553. The molecule has 54 valence electrons. The lowest BCUT2D eigenvalue weighted by Gasteiger charge is -1.88. The SMILES string of the molecule is C=CC1=c2ccccc2=CC1. The molecule has 1 aliphatic rings. The third kappa shape index (κ3) is 0.911. The highest BCUT2D eigenvalue weighted by atomic mass is 14.0. The molecule has 0 saturated carbocycles. The Morgan fingerprint density at radius 1 is 1.27 bits per heavy atom. The van der Waals surface area contributed by atoms with Crippen molar-refractivity contribution in [2.24, 2.45) is 0 Å². The van der Waals surface area contributed by atoms with Crippen molar-refractivity contribution in [1.29, 1.82) is 0 Å². The van der Waals surface area contributed by atoms with E-state index >= 15 is 0 Å². The molecule has 2 rings (SSSR count). The van der Waals surface area contributed by atoms with Crippen LogP contribution in [0.3, 0.4) is 0 Å². The molecule has 0 spiro atoms. The maximum absolute atomic E-state index is 3.78. The van der Waals surface area contributed by atoms with Gasteiger partial charge in [0.1, 0.15) is 0 Å². The van der Waals surface area contributed by atoms with Gasteiger partial charge in [0, 0.05) is 0 Å². The van der Waals surface area contributed by atoms with E-state index in [4.69, 9.17) is 0 Å². The smallest absolute Gasteiger partial charge is 0.00823 e. The largest absolute Gasteiger partial charge is 0.0988 e. The van der Waals surface area contributed by atoms with Gasteiger partial charge in [-0.3, -0.25) is 0 Å². The van der Waals surface area contributed by atoms with Crippen molar-refractivity contribution in [3.05, 3.63) is 47.4 Å². The van der Waals surface area contributed by atoms with E-state index < -0.39 is 0 Å². The van der Waals surface area contributed by atoms with Gasteiger partial charge in [0.05, 0.1) is 0 Å². The molecule has 0 amide bonds. The normalized spacial score (nSPS) is 14.0. The van der Waals surface area contributed by atoms with Gasteiger partial charge in [-0.15, -0.1) is 0 Å². The molecule has 0 atom stereocenters. The Morgan fingerprint density at radius 3 is 2.91 bits per heavy atom. The van der Waals surface area contributed by atoms with Crippen molar-refractivity contribution >= 4 is 11.6 Å². The fraction of sp³-hybridized carbons (Fsp3) is 0.0909. The van der Waals surface area contributed by atoms with Gasteiger partial charge in [0.2, 0.25) is 0 Å². The molecule has 0 N–H and O–H groups in total. The number of allylic oxidation sites excluding steroid dienone is 1. The lowest BCUT2D eigenvalue weighted by molar-refractivity contribution is 1.52. The molecule has 1 aliphatic carbocycles. The molecule has 1 aromatic carbocycles. The molecule has 0 fully saturated rings. The Hall–Kier alpha value is -1.30. The van der Waals surface area contributed by atoms with Crippen LogP contribution in [0.4, 0.5) is 0 Å². The molecule has 0 heterocycles. The minimum atomic E-state index is 1.04. The maximum Gasteiger partial charge on any atom is -0.00823 e. The van der Waals surface area contributed by atoms with Crippen LogP contribution in [-0.4, -0.2) is 0 Å². The van der Waals surface area contributed by atoms with Gasteiger partial charge in [-0.1, -0.05) is 43.0 Å². The zero-order valence-corrected chi connectivity index (χ0v) is 6.38. The predicted molar refractivity (Wildman–Crippen MR) is 48.4 cm³/mol. The van der Waals surface area contributed by atoms with Gasteiger partial charge in [-0.2, -0.15) is 0 Å². The minimum Gasteiger partial charge on any atom is -0.0988 e. The van der Waals surface area contributed by atoms with Gasteiger partial charge in [0.25, 0.3) is 0 Å². The van der Waals surface area contributed by atoms with E-state index in [9.17, 15) is 0 Å². The van der Waals surface area contributed by atoms with Crippen LogP contribution >= 0.6 is 0 Å². The highest BCUT2D eigenvalue weighted by Crippen LogP contribution is 2.04. The van der Waals surface area contributed by atoms with Gasteiger partial charge < -0.3 is 0 Å². The highest BCUT2D eigenvalue weighted by Gasteiger charge is 1.98. The summed E-state index contributed by atoms with van der Waals surface area (Å²) < 4.78 is 0. The third-order valence-corrected chi connectivity index (χ3v) is 2.10. The summed E-state index contributed by atoms with van der Waals surface area (Å²) in [6, 6.07) is 8.44. The van der Waals surface area contributed by atoms with Crippen molar-refractivity contribution in [3.8, 4) is 0 Å². The van der Waals surface area contributed by atoms with E-state index in [1.165, 1.54) is 16.0 Å². The number of rotatable bonds is 1. The zero-order chi connectivity index (χ0) is 7.68. The summed E-state index contributed by atoms with van der Waals surface area (Å²) in [7, 11) is 0. The molecule has 0 unspecified atom stereocenters. The second-order valence-corrected chi connectivity index (χ2v) is 2.72. The topological polar surface area (TPSA) is 0 Å². The molecule has 0 nitrogen and oxygen atoms in total. The summed E-state index contributed by atoms with van der Waals surface area (Å²) in [5.74, 6) is 0. The van der Waals surface area contributed by atoms with Crippen molar-refractivity contribution in [2.75, 3.05) is 0 Å². The fourth-order valence-electron chi connectivity index (χ4n) is 1.49. The van der Waals surface area contributed by atoms with Crippen LogP contribution in [0.1, 0.15) is 6.42 Å². The Morgan fingerprint density at radius 2 is 2.09 bits per heavy atom. The molecular formula is C11H10. The van der Waals surface area contributed by atoms with Crippen molar-refractivity contribution < 1.29 is 0 Å². The summed E-state index contributed by atoms with van der Waals surface area (Å²) in [4.78, 5) is 0. The van der Waals surface area contributed by atoms with Crippen LogP contribution < -0.4 is 10.4 Å². The Kier molecular flexibility index (Phi) is 1.39. The Labute approximate surface area is 66.2 Å². The molecule has 0 radical (unpaired) electrons. The summed E-state index contributed by atoms with van der Waals surface area (Å²) in [6.07, 6.45) is 5.23. The monoisotopic (exact) mass is 142 g/mol. The van der Waals surface area contributed by atoms with E-state index in [0.29, 0.717) is 0 Å². The van der Waals surface area contributed by atoms with Gasteiger partial charge >= 0.3 is 0 Å². The molecule has 0 heteroatoms. The van der Waals surface area contributed by atoms with E-state index in [1.54, 1.807) is 0 Å². The summed E-state index contributed by atoms with van der Waals surface area (Å²) in [6.45, 7) is 3.78. The van der Waals surface area contributed by atoms with Crippen LogP contribution in [0, 0.1) is 0 Å². The molecule has 0 saturated heterocycles. The van der Waals surface area contributed by atoms with Crippen LogP contribution in [-0.2, 0) is 0 Å². The number of fused-ring (bicyclic) bond motifs is 1. The lowest BCUT2D eigenvalue weighted by Crippen LogP contribution is -2.21. The van der Waals surface area contributed by atoms with Crippen LogP contribution in [0.25, 0.3) is 11.6 Å². The van der Waals surface area contributed by atoms with Crippen molar-refractivity contribution in [3.63, 3.8) is 0 Å². The van der Waals surface area contributed by atoms with Gasteiger partial charge in [-0.25, -0.2) is 0 Å². The second-order valence-electron chi connectivity index (χ2n) is 2.72.